The Balaban J connectivity index is 1.77. The number of ether oxygens (including phenoxy) is 2. The number of rotatable bonds is 5. The number of hydrazine groups is 1. The number of sulfonamides is 1. The number of benzene rings is 2. The Morgan fingerprint density at radius 1 is 1.03 bits per heavy atom. The molecule has 2 aromatic carbocycles. The number of aryl methyl sites for hydroxylation is 1. The van der Waals surface area contributed by atoms with Gasteiger partial charge in [-0.05, 0) is 67.7 Å². The van der Waals surface area contributed by atoms with Gasteiger partial charge < -0.3 is 9.47 Å². The second-order valence-electron chi connectivity index (χ2n) is 9.43. The van der Waals surface area contributed by atoms with Gasteiger partial charge >= 0.3 is 11.9 Å². The summed E-state index contributed by atoms with van der Waals surface area (Å²) in [5.74, 6) is -2.25. The molecule has 36 heavy (non-hydrogen) atoms. The van der Waals surface area contributed by atoms with Crippen molar-refractivity contribution in [2.45, 2.75) is 37.1 Å². The number of methoxy groups -OCH3 is 2. The molecule has 0 aromatic heterocycles. The van der Waals surface area contributed by atoms with E-state index < -0.39 is 39.2 Å². The van der Waals surface area contributed by atoms with E-state index in [1.165, 1.54) is 47.9 Å². The van der Waals surface area contributed by atoms with Gasteiger partial charge in [0.15, 0.2) is 5.41 Å². The molecule has 8 nitrogen and oxygen atoms in total. The number of halogens is 1. The second-order valence-corrected chi connectivity index (χ2v) is 11.3. The van der Waals surface area contributed by atoms with Crippen LogP contribution in [0.2, 0.25) is 0 Å². The highest BCUT2D eigenvalue weighted by Crippen LogP contribution is 2.56. The number of fused-ring (bicyclic) bond motifs is 3. The van der Waals surface area contributed by atoms with Gasteiger partial charge in [0.25, 0.3) is 10.0 Å². The molecule has 10 heteroatoms. The molecule has 5 rings (SSSR count). The molecule has 2 aliphatic heterocycles. The summed E-state index contributed by atoms with van der Waals surface area (Å²) in [4.78, 5) is 26.8. The lowest BCUT2D eigenvalue weighted by Gasteiger charge is -2.54. The van der Waals surface area contributed by atoms with Gasteiger partial charge in [-0.15, -0.1) is 4.41 Å². The fourth-order valence-corrected chi connectivity index (χ4v) is 6.77. The van der Waals surface area contributed by atoms with Crippen molar-refractivity contribution >= 4 is 28.0 Å². The SMILES string of the molecule is COC(=O)C1(C(=O)OC)CCN(S(=O)(=O)c2ccc(C)cc2)N2C(C3CC3)=Cc3ccc(F)cc3C21. The molecular weight excluding hydrogens is 487 g/mol. The molecule has 0 N–H and O–H groups in total. The maximum absolute atomic E-state index is 14.6. The number of nitrogens with zero attached hydrogens (tertiary/aromatic N) is 2. The van der Waals surface area contributed by atoms with Crippen LogP contribution in [0.1, 0.15) is 42.0 Å². The monoisotopic (exact) mass is 514 g/mol. The van der Waals surface area contributed by atoms with Gasteiger partial charge in [0, 0.05) is 18.2 Å². The highest BCUT2D eigenvalue weighted by atomic mass is 32.2. The van der Waals surface area contributed by atoms with E-state index in [0.717, 1.165) is 18.4 Å². The third-order valence-corrected chi connectivity index (χ3v) is 9.03. The van der Waals surface area contributed by atoms with E-state index in [9.17, 15) is 22.4 Å². The quantitative estimate of drug-likeness (QED) is 0.445. The number of hydrogen-bond donors (Lipinski definition) is 0. The second kappa shape index (κ2) is 8.70. The van der Waals surface area contributed by atoms with Crippen LogP contribution in [-0.2, 0) is 29.1 Å². The zero-order valence-corrected chi connectivity index (χ0v) is 21.0. The molecule has 2 heterocycles. The first-order valence-corrected chi connectivity index (χ1v) is 13.2. The van der Waals surface area contributed by atoms with E-state index in [-0.39, 0.29) is 23.8 Å². The molecule has 2 fully saturated rings. The zero-order chi connectivity index (χ0) is 25.8. The molecule has 1 aliphatic carbocycles. The molecule has 190 valence electrons. The van der Waals surface area contributed by atoms with E-state index >= 15 is 0 Å². The van der Waals surface area contributed by atoms with E-state index in [1.54, 1.807) is 18.2 Å². The van der Waals surface area contributed by atoms with Gasteiger partial charge in [0.05, 0.1) is 25.2 Å². The summed E-state index contributed by atoms with van der Waals surface area (Å²) in [7, 11) is -1.76. The molecule has 0 amide bonds. The Kier molecular flexibility index (Phi) is 5.91. The van der Waals surface area contributed by atoms with E-state index in [4.69, 9.17) is 9.47 Å². The topological polar surface area (TPSA) is 93.2 Å². The maximum atomic E-state index is 14.6. The van der Waals surface area contributed by atoms with Crippen LogP contribution in [0.4, 0.5) is 4.39 Å². The lowest BCUT2D eigenvalue weighted by Crippen LogP contribution is -2.63. The number of carbonyl (C=O) groups is 2. The van der Waals surface area contributed by atoms with Crippen LogP contribution in [-0.4, -0.2) is 50.5 Å². The normalized spacial score (nSPS) is 21.2. The van der Waals surface area contributed by atoms with E-state index in [1.807, 2.05) is 13.0 Å². The third kappa shape index (κ3) is 3.62. The molecule has 1 unspecified atom stereocenters. The molecule has 0 radical (unpaired) electrons. The van der Waals surface area contributed by atoms with Crippen LogP contribution in [0.3, 0.4) is 0 Å². The van der Waals surface area contributed by atoms with Gasteiger partial charge in [-0.2, -0.15) is 0 Å². The highest BCUT2D eigenvalue weighted by molar-refractivity contribution is 7.89. The third-order valence-electron chi connectivity index (χ3n) is 7.25. The number of hydrogen-bond acceptors (Lipinski definition) is 7. The molecule has 3 aliphatic rings. The van der Waals surface area contributed by atoms with Crippen molar-refractivity contribution in [2.24, 2.45) is 11.3 Å². The summed E-state index contributed by atoms with van der Waals surface area (Å²) < 4.78 is 53.9. The van der Waals surface area contributed by atoms with E-state index in [0.29, 0.717) is 16.8 Å². The van der Waals surface area contributed by atoms with Crippen molar-refractivity contribution in [3.63, 3.8) is 0 Å². The average molecular weight is 515 g/mol. The van der Waals surface area contributed by atoms with Crippen LogP contribution in [0.15, 0.2) is 53.1 Å². The van der Waals surface area contributed by atoms with Gasteiger partial charge in [-0.3, -0.25) is 14.6 Å². The average Bonchev–Trinajstić information content (AvgIpc) is 3.72. The van der Waals surface area contributed by atoms with Crippen molar-refractivity contribution in [2.75, 3.05) is 20.8 Å². The fourth-order valence-electron chi connectivity index (χ4n) is 5.30. The minimum Gasteiger partial charge on any atom is -0.468 e. The Labute approximate surface area is 209 Å². The first-order chi connectivity index (χ1) is 17.1. The standard InChI is InChI=1S/C26H27FN2O6S/c1-16-4-10-20(11-5-16)36(32,33)28-13-12-26(24(30)34-2,25(31)35-3)23-21-15-19(27)9-8-18(21)14-22(29(23)28)17-6-7-17/h4-5,8-11,14-15,17,23H,6-7,12-13H2,1-3H3. The van der Waals surface area contributed by atoms with Gasteiger partial charge in [-0.1, -0.05) is 23.8 Å². The fraction of sp³-hybridized carbons (Fsp3) is 0.385. The van der Waals surface area contributed by atoms with Crippen LogP contribution >= 0.6 is 0 Å². The summed E-state index contributed by atoms with van der Waals surface area (Å²) in [5.41, 5.74) is 0.596. The van der Waals surface area contributed by atoms with Gasteiger partial charge in [0.1, 0.15) is 5.82 Å². The first kappa shape index (κ1) is 24.5. The minimum absolute atomic E-state index is 0.0347. The molecule has 1 saturated heterocycles. The Bertz CT molecular complexity index is 1350. The van der Waals surface area contributed by atoms with Crippen molar-refractivity contribution < 1.29 is 31.9 Å². The molecule has 1 atom stereocenters. The van der Waals surface area contributed by atoms with Crippen molar-refractivity contribution in [3.8, 4) is 0 Å². The van der Waals surface area contributed by atoms with Crippen molar-refractivity contribution in [1.29, 1.82) is 0 Å². The summed E-state index contributed by atoms with van der Waals surface area (Å²) >= 11 is 0. The molecule has 1 saturated carbocycles. The smallest absolute Gasteiger partial charge is 0.325 e. The minimum atomic E-state index is -4.10. The van der Waals surface area contributed by atoms with Crippen LogP contribution < -0.4 is 0 Å². The predicted molar refractivity (Wildman–Crippen MR) is 128 cm³/mol. The first-order valence-electron chi connectivity index (χ1n) is 11.7. The molecule has 0 bridgehead atoms. The van der Waals surface area contributed by atoms with Crippen LogP contribution in [0.5, 0.6) is 0 Å². The molecule has 2 aromatic rings. The van der Waals surface area contributed by atoms with E-state index in [2.05, 4.69) is 0 Å². The lowest BCUT2D eigenvalue weighted by atomic mass is 9.70. The summed E-state index contributed by atoms with van der Waals surface area (Å²) in [6.45, 7) is 1.68. The number of esters is 2. The lowest BCUT2D eigenvalue weighted by molar-refractivity contribution is -0.187. The number of carbonyl (C=O) groups excluding carboxylic acids is 2. The Morgan fingerprint density at radius 2 is 1.67 bits per heavy atom. The Hall–Kier alpha value is -3.24. The Morgan fingerprint density at radius 3 is 2.25 bits per heavy atom. The van der Waals surface area contributed by atoms with Gasteiger partial charge in [0.2, 0.25) is 0 Å². The van der Waals surface area contributed by atoms with Crippen molar-refractivity contribution in [1.82, 2.24) is 9.42 Å². The largest absolute Gasteiger partial charge is 0.468 e. The number of allylic oxidation sites excluding steroid dienone is 1. The summed E-state index contributed by atoms with van der Waals surface area (Å²) in [6, 6.07) is 9.42. The zero-order valence-electron chi connectivity index (χ0n) is 20.2. The summed E-state index contributed by atoms with van der Waals surface area (Å²) in [6.07, 6.45) is 3.28. The molecule has 0 spiro atoms. The van der Waals surface area contributed by atoms with Crippen molar-refractivity contribution in [3.05, 3.63) is 70.7 Å². The summed E-state index contributed by atoms with van der Waals surface area (Å²) in [5, 5.41) is 1.51. The maximum Gasteiger partial charge on any atom is 0.325 e. The highest BCUT2D eigenvalue weighted by Gasteiger charge is 2.64. The predicted octanol–water partition coefficient (Wildman–Crippen LogP) is 3.58. The van der Waals surface area contributed by atoms with Crippen LogP contribution in [0.25, 0.3) is 6.08 Å². The molecular formula is C26H27FN2O6S. The van der Waals surface area contributed by atoms with Crippen LogP contribution in [0, 0.1) is 24.1 Å². The van der Waals surface area contributed by atoms with Gasteiger partial charge in [-0.25, -0.2) is 12.8 Å².